The maximum Gasteiger partial charge on any atom is 0.170 e. The Balaban J connectivity index is 1.90. The fraction of sp³-hybridized carbons (Fsp3) is 0.538. The fourth-order valence-electron chi connectivity index (χ4n) is 3.50. The van der Waals surface area contributed by atoms with Crippen molar-refractivity contribution in [3.05, 3.63) is 53.4 Å². The zero-order valence-corrected chi connectivity index (χ0v) is 18.8. The number of unbranched alkanes of at least 4 members (excludes halogenated alkanes) is 7. The molecule has 0 saturated carbocycles. The van der Waals surface area contributed by atoms with E-state index in [4.69, 9.17) is 0 Å². The van der Waals surface area contributed by atoms with Crippen LogP contribution in [0.1, 0.15) is 89.2 Å². The zero-order chi connectivity index (χ0) is 22.5. The second kappa shape index (κ2) is 14.0. The van der Waals surface area contributed by atoms with Crippen LogP contribution in [0.4, 0.5) is 13.2 Å². The minimum Gasteiger partial charge on any atom is -0.248 e. The smallest absolute Gasteiger partial charge is 0.170 e. The quantitative estimate of drug-likeness (QED) is 0.281. The summed E-state index contributed by atoms with van der Waals surface area (Å²) >= 11 is 0. The van der Waals surface area contributed by atoms with E-state index >= 15 is 0 Å². The minimum absolute atomic E-state index is 0.0673. The molecule has 0 fully saturated rings. The molecular weight excluding hydrogens is 397 g/mol. The average molecular weight is 433 g/mol. The lowest BCUT2D eigenvalue weighted by Gasteiger charge is -2.07. The maximum absolute atomic E-state index is 14.6. The van der Waals surface area contributed by atoms with Gasteiger partial charge in [0.25, 0.3) is 0 Å². The summed E-state index contributed by atoms with van der Waals surface area (Å²) < 4.78 is 41.9. The van der Waals surface area contributed by atoms with Crippen LogP contribution in [0, 0.1) is 11.6 Å². The van der Waals surface area contributed by atoms with Gasteiger partial charge in [0, 0.05) is 18.0 Å². The number of hydrogen-bond acceptors (Lipinski definition) is 2. The van der Waals surface area contributed by atoms with E-state index < -0.39 is 17.8 Å². The number of halogens is 3. The lowest BCUT2D eigenvalue weighted by atomic mass is 10.1. The van der Waals surface area contributed by atoms with Gasteiger partial charge in [0.2, 0.25) is 0 Å². The van der Waals surface area contributed by atoms with Crippen molar-refractivity contribution < 1.29 is 13.2 Å². The topological polar surface area (TPSA) is 25.8 Å². The first-order valence-electron chi connectivity index (χ1n) is 11.6. The van der Waals surface area contributed by atoms with Crippen molar-refractivity contribution in [1.82, 2.24) is 9.97 Å². The summed E-state index contributed by atoms with van der Waals surface area (Å²) in [6, 6.07) is 3.11. The van der Waals surface area contributed by atoms with Crippen LogP contribution >= 0.6 is 0 Å². The highest BCUT2D eigenvalue weighted by atomic mass is 19.2. The SMILES string of the molecule is CCCCCCC/C=C/c1ccc(-c2ncc(CCCCCC(C)F)cn2)c(F)c1F. The summed E-state index contributed by atoms with van der Waals surface area (Å²) in [5.74, 6) is -1.61. The second-order valence-electron chi connectivity index (χ2n) is 8.23. The lowest BCUT2D eigenvalue weighted by Crippen LogP contribution is -1.98. The molecule has 2 nitrogen and oxygen atoms in total. The molecule has 1 unspecified atom stereocenters. The molecule has 2 rings (SSSR count). The monoisotopic (exact) mass is 432 g/mol. The predicted octanol–water partition coefficient (Wildman–Crippen LogP) is 8.26. The standard InChI is InChI=1S/C26H35F3N2/c1-3-4-5-6-7-8-12-15-22-16-17-23(25(29)24(22)28)26-30-18-21(19-31-26)14-11-9-10-13-20(2)27/h12,15-20H,3-11,13-14H2,1-2H3/b15-12+. The third-order valence-corrected chi connectivity index (χ3v) is 5.40. The van der Waals surface area contributed by atoms with E-state index in [1.54, 1.807) is 31.5 Å². The lowest BCUT2D eigenvalue weighted by molar-refractivity contribution is 0.330. The molecule has 1 atom stereocenters. The largest absolute Gasteiger partial charge is 0.248 e. The maximum atomic E-state index is 14.6. The van der Waals surface area contributed by atoms with Gasteiger partial charge in [-0.2, -0.15) is 0 Å². The number of hydrogen-bond donors (Lipinski definition) is 0. The van der Waals surface area contributed by atoms with Crippen molar-refractivity contribution in [1.29, 1.82) is 0 Å². The number of alkyl halides is 1. The third-order valence-electron chi connectivity index (χ3n) is 5.40. The zero-order valence-electron chi connectivity index (χ0n) is 18.8. The number of allylic oxidation sites excluding steroid dienone is 1. The van der Waals surface area contributed by atoms with Crippen LogP contribution in [0.25, 0.3) is 17.5 Å². The Labute approximate surface area is 185 Å². The van der Waals surface area contributed by atoms with E-state index in [1.807, 2.05) is 6.08 Å². The van der Waals surface area contributed by atoms with Crippen LogP contribution < -0.4 is 0 Å². The van der Waals surface area contributed by atoms with E-state index in [0.29, 0.717) is 6.42 Å². The summed E-state index contributed by atoms with van der Waals surface area (Å²) in [6.07, 6.45) is 17.0. The minimum atomic E-state index is -0.918. The van der Waals surface area contributed by atoms with Gasteiger partial charge in [-0.3, -0.25) is 0 Å². The van der Waals surface area contributed by atoms with Gasteiger partial charge >= 0.3 is 0 Å². The van der Waals surface area contributed by atoms with Gasteiger partial charge < -0.3 is 0 Å². The molecule has 1 heterocycles. The van der Waals surface area contributed by atoms with Gasteiger partial charge in [-0.15, -0.1) is 0 Å². The Morgan fingerprint density at radius 1 is 0.903 bits per heavy atom. The summed E-state index contributed by atoms with van der Waals surface area (Å²) in [7, 11) is 0. The van der Waals surface area contributed by atoms with Gasteiger partial charge in [0.15, 0.2) is 17.5 Å². The molecule has 0 N–H and O–H groups in total. The number of aromatic nitrogens is 2. The van der Waals surface area contributed by atoms with Crippen molar-refractivity contribution >= 4 is 6.08 Å². The molecule has 0 aliphatic heterocycles. The van der Waals surface area contributed by atoms with Crippen molar-refractivity contribution in [2.24, 2.45) is 0 Å². The van der Waals surface area contributed by atoms with Gasteiger partial charge in [-0.05, 0) is 50.7 Å². The molecule has 0 bridgehead atoms. The number of benzene rings is 1. The molecule has 2 aromatic rings. The van der Waals surface area contributed by atoms with Crippen LogP contribution in [0.5, 0.6) is 0 Å². The van der Waals surface area contributed by atoms with E-state index in [-0.39, 0.29) is 17.0 Å². The van der Waals surface area contributed by atoms with E-state index in [2.05, 4.69) is 16.9 Å². The van der Waals surface area contributed by atoms with Gasteiger partial charge in [0.1, 0.15) is 0 Å². The van der Waals surface area contributed by atoms with Crippen LogP contribution in [-0.4, -0.2) is 16.1 Å². The Kier molecular flexibility index (Phi) is 11.3. The molecular formula is C26H35F3N2. The fourth-order valence-corrected chi connectivity index (χ4v) is 3.50. The van der Waals surface area contributed by atoms with Gasteiger partial charge in [0.05, 0.1) is 11.7 Å². The first-order valence-corrected chi connectivity index (χ1v) is 11.6. The molecule has 0 aliphatic rings. The number of aryl methyl sites for hydroxylation is 1. The Morgan fingerprint density at radius 3 is 2.32 bits per heavy atom. The van der Waals surface area contributed by atoms with Gasteiger partial charge in [-0.25, -0.2) is 23.1 Å². The Morgan fingerprint density at radius 2 is 1.61 bits per heavy atom. The third kappa shape index (κ3) is 8.84. The molecule has 1 aromatic heterocycles. The van der Waals surface area contributed by atoms with Crippen molar-refractivity contribution in [3.8, 4) is 11.4 Å². The highest BCUT2D eigenvalue weighted by Crippen LogP contribution is 2.25. The van der Waals surface area contributed by atoms with Crippen LogP contribution in [-0.2, 0) is 6.42 Å². The summed E-state index contributed by atoms with van der Waals surface area (Å²) in [4.78, 5) is 8.45. The predicted molar refractivity (Wildman–Crippen MR) is 123 cm³/mol. The number of rotatable bonds is 14. The second-order valence-corrected chi connectivity index (χ2v) is 8.23. The summed E-state index contributed by atoms with van der Waals surface area (Å²) in [5, 5.41) is 0. The molecule has 0 spiro atoms. The summed E-state index contributed by atoms with van der Waals surface area (Å²) in [5.41, 5.74) is 1.25. The first kappa shape index (κ1) is 25.1. The highest BCUT2D eigenvalue weighted by Gasteiger charge is 2.15. The van der Waals surface area contributed by atoms with Crippen LogP contribution in [0.3, 0.4) is 0 Å². The molecule has 0 aliphatic carbocycles. The highest BCUT2D eigenvalue weighted by molar-refractivity contribution is 5.61. The van der Waals surface area contributed by atoms with E-state index in [1.165, 1.54) is 25.3 Å². The van der Waals surface area contributed by atoms with E-state index in [9.17, 15) is 13.2 Å². The Hall–Kier alpha value is -2.17. The van der Waals surface area contributed by atoms with E-state index in [0.717, 1.165) is 50.5 Å². The van der Waals surface area contributed by atoms with Crippen molar-refractivity contribution in [2.45, 2.75) is 90.6 Å². The van der Waals surface area contributed by atoms with Crippen LogP contribution in [0.15, 0.2) is 30.6 Å². The molecule has 1 aromatic carbocycles. The molecule has 0 saturated heterocycles. The molecule has 0 amide bonds. The normalized spacial score (nSPS) is 12.5. The Bertz CT molecular complexity index is 801. The van der Waals surface area contributed by atoms with Crippen molar-refractivity contribution in [3.63, 3.8) is 0 Å². The summed E-state index contributed by atoms with van der Waals surface area (Å²) in [6.45, 7) is 3.76. The molecule has 31 heavy (non-hydrogen) atoms. The number of nitrogens with zero attached hydrogens (tertiary/aromatic N) is 2. The first-order chi connectivity index (χ1) is 15.0. The van der Waals surface area contributed by atoms with Crippen LogP contribution in [0.2, 0.25) is 0 Å². The van der Waals surface area contributed by atoms with Gasteiger partial charge in [-0.1, -0.05) is 63.7 Å². The average Bonchev–Trinajstić information content (AvgIpc) is 2.76. The molecule has 5 heteroatoms. The molecule has 170 valence electrons. The van der Waals surface area contributed by atoms with Crippen molar-refractivity contribution in [2.75, 3.05) is 0 Å². The molecule has 0 radical (unpaired) electrons.